The molecule has 0 unspecified atom stereocenters. The molecule has 0 bridgehead atoms. The van der Waals surface area contributed by atoms with Crippen molar-refractivity contribution in [2.45, 2.75) is 0 Å². The maximum absolute atomic E-state index is 5.93. The normalized spacial score (nSPS) is 12.5. The number of aromatic nitrogens is 1. The molecular weight excluding hydrogens is 344 g/mol. The lowest BCUT2D eigenvalue weighted by atomic mass is 10.0. The number of hydrogen-bond acceptors (Lipinski definition) is 6. The Bertz CT molecular complexity index is 1170. The second-order valence-corrected chi connectivity index (χ2v) is 6.23. The van der Waals surface area contributed by atoms with E-state index in [0.717, 1.165) is 33.7 Å². The van der Waals surface area contributed by atoms with Gasteiger partial charge in [0.15, 0.2) is 17.1 Å². The van der Waals surface area contributed by atoms with Gasteiger partial charge in [-0.2, -0.15) is 0 Å². The van der Waals surface area contributed by atoms with Crippen LogP contribution in [0, 0.1) is 0 Å². The van der Waals surface area contributed by atoms with Gasteiger partial charge in [0.2, 0.25) is 12.7 Å². The fraction of sp³-hybridized carbons (Fsp3) is 0.0952. The smallest absolute Gasteiger partial charge is 0.231 e. The first kappa shape index (κ1) is 15.6. The van der Waals surface area contributed by atoms with E-state index >= 15 is 0 Å². The summed E-state index contributed by atoms with van der Waals surface area (Å²) >= 11 is 0. The van der Waals surface area contributed by atoms with Gasteiger partial charge in [0.05, 0.1) is 12.7 Å². The second kappa shape index (κ2) is 5.95. The quantitative estimate of drug-likeness (QED) is 0.543. The zero-order valence-electron chi connectivity index (χ0n) is 14.6. The lowest BCUT2D eigenvalue weighted by Gasteiger charge is -2.05. The molecular formula is C21H16N2O4. The van der Waals surface area contributed by atoms with E-state index in [1.807, 2.05) is 36.4 Å². The molecule has 0 saturated carbocycles. The average molecular weight is 360 g/mol. The van der Waals surface area contributed by atoms with Gasteiger partial charge in [-0.1, -0.05) is 12.1 Å². The zero-order valence-corrected chi connectivity index (χ0v) is 14.6. The molecule has 0 radical (unpaired) electrons. The SMILES string of the molecule is COc1ccc(N)cc1-c1nc2cc(-c3ccc4c(c3)OCO4)ccc2o1. The summed E-state index contributed by atoms with van der Waals surface area (Å²) in [7, 11) is 1.61. The van der Waals surface area contributed by atoms with Crippen LogP contribution in [0.1, 0.15) is 0 Å². The van der Waals surface area contributed by atoms with Gasteiger partial charge in [-0.25, -0.2) is 4.98 Å². The van der Waals surface area contributed by atoms with Crippen LogP contribution < -0.4 is 19.9 Å². The monoisotopic (exact) mass is 360 g/mol. The molecule has 134 valence electrons. The molecule has 0 spiro atoms. The molecule has 2 N–H and O–H groups in total. The molecule has 0 saturated heterocycles. The molecule has 2 heterocycles. The molecule has 1 aliphatic heterocycles. The Kier molecular flexibility index (Phi) is 3.43. The van der Waals surface area contributed by atoms with Gasteiger partial charge in [-0.15, -0.1) is 0 Å². The van der Waals surface area contributed by atoms with Crippen LogP contribution in [0.5, 0.6) is 17.2 Å². The highest BCUT2D eigenvalue weighted by atomic mass is 16.7. The van der Waals surface area contributed by atoms with E-state index in [1.54, 1.807) is 25.3 Å². The van der Waals surface area contributed by atoms with Crippen LogP contribution in [0.3, 0.4) is 0 Å². The number of rotatable bonds is 3. The first-order valence-corrected chi connectivity index (χ1v) is 8.46. The molecule has 6 nitrogen and oxygen atoms in total. The van der Waals surface area contributed by atoms with E-state index in [4.69, 9.17) is 24.4 Å². The van der Waals surface area contributed by atoms with Gasteiger partial charge in [-0.05, 0) is 53.6 Å². The van der Waals surface area contributed by atoms with Crippen molar-refractivity contribution in [3.63, 3.8) is 0 Å². The molecule has 5 rings (SSSR count). The third-order valence-electron chi connectivity index (χ3n) is 4.55. The number of nitrogens with two attached hydrogens (primary N) is 1. The summed E-state index contributed by atoms with van der Waals surface area (Å²) in [4.78, 5) is 4.63. The van der Waals surface area contributed by atoms with Gasteiger partial charge in [0.1, 0.15) is 11.3 Å². The Balaban J connectivity index is 1.59. The molecule has 27 heavy (non-hydrogen) atoms. The molecule has 4 aromatic rings. The molecule has 1 aromatic heterocycles. The lowest BCUT2D eigenvalue weighted by molar-refractivity contribution is 0.174. The molecule has 1 aliphatic rings. The van der Waals surface area contributed by atoms with Crippen molar-refractivity contribution in [3.8, 4) is 39.8 Å². The standard InChI is InChI=1S/C21H16N2O4/c1-24-17-7-4-14(22)10-15(17)21-23-16-8-12(2-5-18(16)27-21)13-3-6-19-20(9-13)26-11-25-19/h2-10H,11,22H2,1H3. The summed E-state index contributed by atoms with van der Waals surface area (Å²) in [5.41, 5.74) is 10.7. The second-order valence-electron chi connectivity index (χ2n) is 6.23. The third kappa shape index (κ3) is 2.62. The van der Waals surface area contributed by atoms with Crippen LogP contribution in [-0.2, 0) is 0 Å². The van der Waals surface area contributed by atoms with Crippen molar-refractivity contribution in [1.82, 2.24) is 4.98 Å². The van der Waals surface area contributed by atoms with Gasteiger partial charge >= 0.3 is 0 Å². The molecule has 0 amide bonds. The summed E-state index contributed by atoms with van der Waals surface area (Å²) in [5, 5.41) is 0. The van der Waals surface area contributed by atoms with Crippen LogP contribution in [0.15, 0.2) is 59.0 Å². The van der Waals surface area contributed by atoms with E-state index in [9.17, 15) is 0 Å². The minimum absolute atomic E-state index is 0.256. The van der Waals surface area contributed by atoms with E-state index in [1.165, 1.54) is 0 Å². The Morgan fingerprint density at radius 3 is 2.63 bits per heavy atom. The Morgan fingerprint density at radius 1 is 0.926 bits per heavy atom. The number of fused-ring (bicyclic) bond motifs is 2. The number of hydrogen-bond donors (Lipinski definition) is 1. The summed E-state index contributed by atoms with van der Waals surface area (Å²) in [5.74, 6) is 2.64. The summed E-state index contributed by atoms with van der Waals surface area (Å²) in [6, 6.07) is 17.1. The van der Waals surface area contributed by atoms with Crippen LogP contribution in [0.25, 0.3) is 33.7 Å². The van der Waals surface area contributed by atoms with Crippen molar-refractivity contribution < 1.29 is 18.6 Å². The highest BCUT2D eigenvalue weighted by Crippen LogP contribution is 2.38. The molecule has 3 aromatic carbocycles. The third-order valence-corrected chi connectivity index (χ3v) is 4.55. The van der Waals surface area contributed by atoms with Crippen molar-refractivity contribution in [2.24, 2.45) is 0 Å². The fourth-order valence-corrected chi connectivity index (χ4v) is 3.19. The zero-order chi connectivity index (χ0) is 18.4. The van der Waals surface area contributed by atoms with Crippen molar-refractivity contribution >= 4 is 16.8 Å². The van der Waals surface area contributed by atoms with Gasteiger partial charge in [0, 0.05) is 5.69 Å². The minimum Gasteiger partial charge on any atom is -0.496 e. The summed E-state index contributed by atoms with van der Waals surface area (Å²) in [6.07, 6.45) is 0. The van der Waals surface area contributed by atoms with E-state index in [0.29, 0.717) is 22.9 Å². The first-order chi connectivity index (χ1) is 13.2. The number of nitrogen functional groups attached to an aromatic ring is 1. The van der Waals surface area contributed by atoms with Crippen LogP contribution >= 0.6 is 0 Å². The van der Waals surface area contributed by atoms with Gasteiger partial charge < -0.3 is 24.4 Å². The molecule has 0 atom stereocenters. The Morgan fingerprint density at radius 2 is 1.74 bits per heavy atom. The van der Waals surface area contributed by atoms with Crippen LogP contribution in [0.4, 0.5) is 5.69 Å². The fourth-order valence-electron chi connectivity index (χ4n) is 3.19. The Labute approximate surface area is 155 Å². The van der Waals surface area contributed by atoms with Crippen molar-refractivity contribution in [1.29, 1.82) is 0 Å². The van der Waals surface area contributed by atoms with Gasteiger partial charge in [0.25, 0.3) is 0 Å². The number of benzene rings is 3. The maximum Gasteiger partial charge on any atom is 0.231 e. The first-order valence-electron chi connectivity index (χ1n) is 8.46. The maximum atomic E-state index is 5.93. The highest BCUT2D eigenvalue weighted by molar-refractivity contribution is 5.84. The minimum atomic E-state index is 0.256. The average Bonchev–Trinajstić information content (AvgIpc) is 3.33. The lowest BCUT2D eigenvalue weighted by Crippen LogP contribution is -1.92. The Hall–Kier alpha value is -3.67. The topological polar surface area (TPSA) is 79.7 Å². The predicted octanol–water partition coefficient (Wildman–Crippen LogP) is 4.48. The van der Waals surface area contributed by atoms with Crippen LogP contribution in [-0.4, -0.2) is 18.9 Å². The number of methoxy groups -OCH3 is 1. The summed E-state index contributed by atoms with van der Waals surface area (Å²) in [6.45, 7) is 0.256. The predicted molar refractivity (Wildman–Crippen MR) is 102 cm³/mol. The molecule has 6 heteroatoms. The highest BCUT2D eigenvalue weighted by Gasteiger charge is 2.16. The molecule has 0 fully saturated rings. The number of nitrogens with zero attached hydrogens (tertiary/aromatic N) is 1. The van der Waals surface area contributed by atoms with Crippen LogP contribution in [0.2, 0.25) is 0 Å². The summed E-state index contributed by atoms with van der Waals surface area (Å²) < 4.78 is 22.2. The van der Waals surface area contributed by atoms with Gasteiger partial charge in [-0.3, -0.25) is 0 Å². The number of ether oxygens (including phenoxy) is 3. The van der Waals surface area contributed by atoms with E-state index in [-0.39, 0.29) is 6.79 Å². The largest absolute Gasteiger partial charge is 0.496 e. The number of anilines is 1. The van der Waals surface area contributed by atoms with Crippen molar-refractivity contribution in [3.05, 3.63) is 54.6 Å². The number of oxazole rings is 1. The van der Waals surface area contributed by atoms with E-state index in [2.05, 4.69) is 4.98 Å². The van der Waals surface area contributed by atoms with E-state index < -0.39 is 0 Å². The van der Waals surface area contributed by atoms with Crippen molar-refractivity contribution in [2.75, 3.05) is 19.6 Å². The molecule has 0 aliphatic carbocycles.